The number of ketones is 1. The molecule has 1 heterocycles. The standard InChI is InChI=1S/C30H42O5/c1-19-12-13-21(27(2,3)20-10-8-7-9-11-20)23(16-19)35-25(31)22-17-24-28(4,5)26(32)29(22,6)18-30(24)33-14-15-34-30/h7-11,19,21-24H,12-18H2,1-6H3/t19-,21-,22-,23-,24-,29+/m1/s1. The maximum atomic E-state index is 13.9. The van der Waals surface area contributed by atoms with Gasteiger partial charge in [-0.3, -0.25) is 9.59 Å². The summed E-state index contributed by atoms with van der Waals surface area (Å²) in [5.41, 5.74) is -0.274. The number of ether oxygens (including phenoxy) is 3. The molecule has 6 atom stereocenters. The van der Waals surface area contributed by atoms with Crippen molar-refractivity contribution in [2.45, 2.75) is 91.0 Å². The summed E-state index contributed by atoms with van der Waals surface area (Å²) >= 11 is 0. The predicted octanol–water partition coefficient (Wildman–Crippen LogP) is 5.70. The van der Waals surface area contributed by atoms with E-state index < -0.39 is 22.5 Å². The number of carbonyl (C=O) groups is 2. The fourth-order valence-corrected chi connectivity index (χ4v) is 8.14. The highest BCUT2D eigenvalue weighted by molar-refractivity contribution is 5.96. The van der Waals surface area contributed by atoms with Crippen LogP contribution in [0.5, 0.6) is 0 Å². The van der Waals surface area contributed by atoms with Crippen molar-refractivity contribution >= 4 is 11.8 Å². The molecule has 35 heavy (non-hydrogen) atoms. The molecule has 1 aromatic carbocycles. The molecular weight excluding hydrogens is 440 g/mol. The minimum absolute atomic E-state index is 0.116. The molecule has 6 rings (SSSR count). The van der Waals surface area contributed by atoms with Gasteiger partial charge in [0.15, 0.2) is 5.79 Å². The maximum Gasteiger partial charge on any atom is 0.310 e. The third kappa shape index (κ3) is 3.80. The summed E-state index contributed by atoms with van der Waals surface area (Å²) in [6.07, 6.45) is 3.90. The second-order valence-electron chi connectivity index (χ2n) is 13.1. The van der Waals surface area contributed by atoms with Crippen molar-refractivity contribution < 1.29 is 23.8 Å². The van der Waals surface area contributed by atoms with Crippen LogP contribution in [0.2, 0.25) is 0 Å². The van der Waals surface area contributed by atoms with Crippen molar-refractivity contribution in [3.05, 3.63) is 35.9 Å². The van der Waals surface area contributed by atoms with Crippen LogP contribution in [0, 0.1) is 34.5 Å². The molecule has 4 aliphatic carbocycles. The summed E-state index contributed by atoms with van der Waals surface area (Å²) in [4.78, 5) is 27.6. The van der Waals surface area contributed by atoms with Crippen molar-refractivity contribution in [2.24, 2.45) is 34.5 Å². The van der Waals surface area contributed by atoms with Gasteiger partial charge in [-0.05, 0) is 36.2 Å². The Hall–Kier alpha value is -1.72. The van der Waals surface area contributed by atoms with E-state index in [1.165, 1.54) is 5.56 Å². The SMILES string of the molecule is C[C@@H]1CC[C@@H](C(C)(C)c2ccccc2)[C@H](OC(=O)[C@H]2C[C@H]3C4(C[C@]2(C)C(=O)C3(C)C)OCCO4)C1. The van der Waals surface area contributed by atoms with E-state index in [2.05, 4.69) is 45.0 Å². The molecule has 0 amide bonds. The number of hydrogen-bond acceptors (Lipinski definition) is 5. The van der Waals surface area contributed by atoms with Crippen LogP contribution in [0.4, 0.5) is 0 Å². The Morgan fingerprint density at radius 3 is 2.34 bits per heavy atom. The highest BCUT2D eigenvalue weighted by Crippen LogP contribution is 2.64. The van der Waals surface area contributed by atoms with Gasteiger partial charge in [0.1, 0.15) is 11.9 Å². The van der Waals surface area contributed by atoms with Crippen LogP contribution in [0.3, 0.4) is 0 Å². The van der Waals surface area contributed by atoms with Crippen molar-refractivity contribution in [3.63, 3.8) is 0 Å². The summed E-state index contributed by atoms with van der Waals surface area (Å²) in [5, 5.41) is 0. The number of carbonyl (C=O) groups excluding carboxylic acids is 2. The molecule has 1 aliphatic heterocycles. The zero-order valence-corrected chi connectivity index (χ0v) is 22.3. The van der Waals surface area contributed by atoms with E-state index in [0.717, 1.165) is 19.3 Å². The average molecular weight is 483 g/mol. The van der Waals surface area contributed by atoms with Gasteiger partial charge in [0, 0.05) is 29.1 Å². The Balaban J connectivity index is 1.41. The van der Waals surface area contributed by atoms with Crippen LogP contribution in [-0.2, 0) is 29.2 Å². The minimum atomic E-state index is -0.843. The normalized spacial score (nSPS) is 38.0. The van der Waals surface area contributed by atoms with Gasteiger partial charge in [-0.2, -0.15) is 0 Å². The molecule has 5 nitrogen and oxygen atoms in total. The van der Waals surface area contributed by atoms with Crippen LogP contribution in [0.15, 0.2) is 30.3 Å². The maximum absolute atomic E-state index is 13.9. The first-order valence-electron chi connectivity index (χ1n) is 13.5. The van der Waals surface area contributed by atoms with Gasteiger partial charge in [0.2, 0.25) is 0 Å². The third-order valence-corrected chi connectivity index (χ3v) is 10.2. The van der Waals surface area contributed by atoms with E-state index in [1.54, 1.807) is 0 Å². The fourth-order valence-electron chi connectivity index (χ4n) is 8.14. The average Bonchev–Trinajstić information content (AvgIpc) is 3.25. The van der Waals surface area contributed by atoms with E-state index in [9.17, 15) is 9.59 Å². The summed E-state index contributed by atoms with van der Waals surface area (Å²) in [5.74, 6) is -0.666. The largest absolute Gasteiger partial charge is 0.462 e. The summed E-state index contributed by atoms with van der Waals surface area (Å²) in [7, 11) is 0. The Bertz CT molecular complexity index is 976. The van der Waals surface area contributed by atoms with Crippen LogP contribution in [0.25, 0.3) is 0 Å². The molecule has 5 aliphatic rings. The number of Topliss-reactive ketones (excluding diaryl/α,β-unsaturated/α-hetero) is 1. The number of fused-ring (bicyclic) bond motifs is 2. The monoisotopic (exact) mass is 482 g/mol. The van der Waals surface area contributed by atoms with Gasteiger partial charge in [0.25, 0.3) is 0 Å². The first-order valence-corrected chi connectivity index (χ1v) is 13.5. The van der Waals surface area contributed by atoms with Crippen LogP contribution < -0.4 is 0 Å². The number of benzene rings is 1. The third-order valence-electron chi connectivity index (χ3n) is 10.2. The van der Waals surface area contributed by atoms with Crippen molar-refractivity contribution in [1.82, 2.24) is 0 Å². The molecule has 0 N–H and O–H groups in total. The van der Waals surface area contributed by atoms with E-state index >= 15 is 0 Å². The lowest BCUT2D eigenvalue weighted by Crippen LogP contribution is -2.69. The Kier molecular flexibility index (Phi) is 6.00. The predicted molar refractivity (Wildman–Crippen MR) is 134 cm³/mol. The lowest BCUT2D eigenvalue weighted by Gasteiger charge is -2.61. The first kappa shape index (κ1) is 25.0. The summed E-state index contributed by atoms with van der Waals surface area (Å²) in [6, 6.07) is 10.6. The van der Waals surface area contributed by atoms with Gasteiger partial charge < -0.3 is 14.2 Å². The summed E-state index contributed by atoms with van der Waals surface area (Å²) in [6.45, 7) is 13.8. The van der Waals surface area contributed by atoms with Gasteiger partial charge in [-0.15, -0.1) is 0 Å². The molecule has 5 fully saturated rings. The topological polar surface area (TPSA) is 61.8 Å². The Labute approximate surface area is 210 Å². The quantitative estimate of drug-likeness (QED) is 0.516. The Morgan fingerprint density at radius 1 is 1.03 bits per heavy atom. The lowest BCUT2D eigenvalue weighted by molar-refractivity contribution is -0.284. The van der Waals surface area contributed by atoms with Gasteiger partial charge in [-0.1, -0.05) is 78.3 Å². The van der Waals surface area contributed by atoms with Gasteiger partial charge in [-0.25, -0.2) is 0 Å². The van der Waals surface area contributed by atoms with Crippen LogP contribution in [0.1, 0.15) is 79.2 Å². The molecule has 1 spiro atoms. The van der Waals surface area contributed by atoms with Gasteiger partial charge >= 0.3 is 5.97 Å². The second kappa shape index (κ2) is 8.41. The molecule has 1 aromatic rings. The molecule has 192 valence electrons. The van der Waals surface area contributed by atoms with E-state index in [1.807, 2.05) is 26.8 Å². The van der Waals surface area contributed by atoms with E-state index in [4.69, 9.17) is 14.2 Å². The van der Waals surface area contributed by atoms with Crippen molar-refractivity contribution in [1.29, 1.82) is 0 Å². The Morgan fingerprint density at radius 2 is 1.69 bits per heavy atom. The molecule has 0 unspecified atom stereocenters. The molecular formula is C30H42O5. The highest BCUT2D eigenvalue weighted by atomic mass is 16.7. The van der Waals surface area contributed by atoms with Crippen LogP contribution >= 0.6 is 0 Å². The van der Waals surface area contributed by atoms with E-state index in [-0.39, 0.29) is 35.1 Å². The fraction of sp³-hybridized carbons (Fsp3) is 0.733. The van der Waals surface area contributed by atoms with Gasteiger partial charge in [0.05, 0.1) is 19.1 Å². The van der Waals surface area contributed by atoms with Crippen molar-refractivity contribution in [2.75, 3.05) is 13.2 Å². The second-order valence-corrected chi connectivity index (χ2v) is 13.1. The zero-order valence-electron chi connectivity index (χ0n) is 22.3. The van der Waals surface area contributed by atoms with E-state index in [0.29, 0.717) is 32.0 Å². The summed E-state index contributed by atoms with van der Waals surface area (Å²) < 4.78 is 18.7. The molecule has 5 heteroatoms. The molecule has 0 radical (unpaired) electrons. The number of hydrogen-bond donors (Lipinski definition) is 0. The number of rotatable bonds is 4. The molecule has 0 aromatic heterocycles. The first-order chi connectivity index (χ1) is 16.4. The molecule has 4 saturated carbocycles. The zero-order chi connectivity index (χ0) is 25.2. The van der Waals surface area contributed by atoms with Crippen LogP contribution in [-0.4, -0.2) is 36.9 Å². The van der Waals surface area contributed by atoms with Crippen molar-refractivity contribution in [3.8, 4) is 0 Å². The highest BCUT2D eigenvalue weighted by Gasteiger charge is 2.72. The lowest BCUT2D eigenvalue weighted by atomic mass is 9.44. The molecule has 2 bridgehead atoms. The molecule has 1 saturated heterocycles. The minimum Gasteiger partial charge on any atom is -0.462 e. The number of esters is 1. The smallest absolute Gasteiger partial charge is 0.310 e.